The van der Waals surface area contributed by atoms with Crippen molar-refractivity contribution in [2.24, 2.45) is 11.8 Å². The van der Waals surface area contributed by atoms with Crippen molar-refractivity contribution in [3.63, 3.8) is 0 Å². The van der Waals surface area contributed by atoms with Gasteiger partial charge in [0.2, 0.25) is 5.91 Å². The summed E-state index contributed by atoms with van der Waals surface area (Å²) in [7, 11) is 0. The monoisotopic (exact) mass is 357 g/mol. The van der Waals surface area contributed by atoms with Crippen LogP contribution in [0.5, 0.6) is 0 Å². The molecule has 0 aliphatic carbocycles. The Kier molecular flexibility index (Phi) is 5.54. The van der Waals surface area contributed by atoms with Crippen molar-refractivity contribution < 1.29 is 9.59 Å². The summed E-state index contributed by atoms with van der Waals surface area (Å²) in [5.74, 6) is 1.62. The van der Waals surface area contributed by atoms with E-state index in [2.05, 4.69) is 39.8 Å². The maximum Gasteiger partial charge on any atom is 0.325 e. The molecule has 0 aromatic heterocycles. The van der Waals surface area contributed by atoms with E-state index in [0.717, 1.165) is 18.8 Å². The van der Waals surface area contributed by atoms with Crippen LogP contribution in [0.25, 0.3) is 0 Å². The average molecular weight is 357 g/mol. The molecule has 1 aromatic carbocycles. The third-order valence-electron chi connectivity index (χ3n) is 5.51. The lowest BCUT2D eigenvalue weighted by atomic mass is 9.92. The van der Waals surface area contributed by atoms with E-state index in [-0.39, 0.29) is 18.5 Å². The van der Waals surface area contributed by atoms with Gasteiger partial charge in [0.25, 0.3) is 0 Å². The SMILES string of the molecule is CC1CC(C)CN(C(=O)CN2CCN(c3ccc(C(C)C)cc3)C2=O)C1. The minimum Gasteiger partial charge on any atom is -0.341 e. The number of likely N-dealkylation sites (tertiary alicyclic amines) is 1. The summed E-state index contributed by atoms with van der Waals surface area (Å²) in [4.78, 5) is 30.8. The van der Waals surface area contributed by atoms with Crippen LogP contribution in [-0.4, -0.2) is 54.5 Å². The fourth-order valence-corrected chi connectivity index (χ4v) is 4.14. The van der Waals surface area contributed by atoms with Crippen LogP contribution >= 0.6 is 0 Å². The van der Waals surface area contributed by atoms with Gasteiger partial charge in [0.05, 0.1) is 0 Å². The molecule has 5 heteroatoms. The van der Waals surface area contributed by atoms with Gasteiger partial charge in [-0.2, -0.15) is 0 Å². The molecule has 2 atom stereocenters. The molecule has 5 nitrogen and oxygen atoms in total. The molecule has 2 aliphatic heterocycles. The maximum atomic E-state index is 12.8. The first kappa shape index (κ1) is 18.7. The van der Waals surface area contributed by atoms with Gasteiger partial charge in [-0.25, -0.2) is 4.79 Å². The van der Waals surface area contributed by atoms with Crippen LogP contribution in [-0.2, 0) is 4.79 Å². The third kappa shape index (κ3) is 4.02. The van der Waals surface area contributed by atoms with Gasteiger partial charge in [-0.15, -0.1) is 0 Å². The number of rotatable bonds is 4. The number of carbonyl (C=O) groups excluding carboxylic acids is 2. The Morgan fingerprint density at radius 2 is 1.69 bits per heavy atom. The summed E-state index contributed by atoms with van der Waals surface area (Å²) in [6.45, 7) is 11.8. The van der Waals surface area contributed by atoms with E-state index in [1.165, 1.54) is 12.0 Å². The number of benzene rings is 1. The maximum absolute atomic E-state index is 12.8. The molecule has 26 heavy (non-hydrogen) atoms. The molecule has 0 bridgehead atoms. The Hall–Kier alpha value is -2.04. The van der Waals surface area contributed by atoms with E-state index < -0.39 is 0 Å². The van der Waals surface area contributed by atoms with Crippen molar-refractivity contribution in [1.29, 1.82) is 0 Å². The highest BCUT2D eigenvalue weighted by atomic mass is 16.2. The van der Waals surface area contributed by atoms with E-state index in [0.29, 0.717) is 30.8 Å². The third-order valence-corrected chi connectivity index (χ3v) is 5.51. The Morgan fingerprint density at radius 3 is 2.27 bits per heavy atom. The summed E-state index contributed by atoms with van der Waals surface area (Å²) in [5, 5.41) is 0. The minimum atomic E-state index is -0.0613. The number of nitrogens with zero attached hydrogens (tertiary/aromatic N) is 3. The number of hydrogen-bond acceptors (Lipinski definition) is 2. The van der Waals surface area contributed by atoms with Gasteiger partial charge in [0.15, 0.2) is 0 Å². The van der Waals surface area contributed by atoms with Gasteiger partial charge < -0.3 is 9.80 Å². The Balaban J connectivity index is 1.61. The quantitative estimate of drug-likeness (QED) is 0.827. The van der Waals surface area contributed by atoms with Gasteiger partial charge in [-0.1, -0.05) is 39.8 Å². The summed E-state index contributed by atoms with van der Waals surface area (Å²) >= 11 is 0. The van der Waals surface area contributed by atoms with Gasteiger partial charge in [-0.05, 0) is 41.9 Å². The Labute approximate surface area is 156 Å². The lowest BCUT2D eigenvalue weighted by Gasteiger charge is -2.35. The number of hydrogen-bond donors (Lipinski definition) is 0. The highest BCUT2D eigenvalue weighted by Crippen LogP contribution is 2.24. The molecule has 2 unspecified atom stereocenters. The second-order valence-electron chi connectivity index (χ2n) is 8.35. The summed E-state index contributed by atoms with van der Waals surface area (Å²) < 4.78 is 0. The molecule has 2 fully saturated rings. The standard InChI is InChI=1S/C21H31N3O2/c1-15(2)18-5-7-19(8-6-18)24-10-9-22(21(24)26)14-20(25)23-12-16(3)11-17(4)13-23/h5-8,15-17H,9-14H2,1-4H3. The van der Waals surface area contributed by atoms with Crippen LogP contribution in [0.15, 0.2) is 24.3 Å². The highest BCUT2D eigenvalue weighted by molar-refractivity contribution is 5.96. The van der Waals surface area contributed by atoms with E-state index >= 15 is 0 Å². The molecule has 2 heterocycles. The number of piperidine rings is 1. The van der Waals surface area contributed by atoms with Crippen LogP contribution in [0.2, 0.25) is 0 Å². The molecule has 0 spiro atoms. The zero-order valence-electron chi connectivity index (χ0n) is 16.4. The smallest absolute Gasteiger partial charge is 0.325 e. The molecule has 3 rings (SSSR count). The Morgan fingerprint density at radius 1 is 1.08 bits per heavy atom. The van der Waals surface area contributed by atoms with Crippen molar-refractivity contribution in [2.75, 3.05) is 37.6 Å². The lowest BCUT2D eigenvalue weighted by molar-refractivity contribution is -0.134. The Bertz CT molecular complexity index is 646. The van der Waals surface area contributed by atoms with Gasteiger partial charge in [0, 0.05) is 31.9 Å². The van der Waals surface area contributed by atoms with E-state index in [1.807, 2.05) is 17.0 Å². The number of carbonyl (C=O) groups is 2. The topological polar surface area (TPSA) is 43.9 Å². The minimum absolute atomic E-state index is 0.0613. The molecule has 2 aliphatic rings. The van der Waals surface area contributed by atoms with Gasteiger partial charge >= 0.3 is 6.03 Å². The van der Waals surface area contributed by atoms with E-state index in [1.54, 1.807) is 9.80 Å². The van der Waals surface area contributed by atoms with Crippen molar-refractivity contribution in [3.05, 3.63) is 29.8 Å². The first-order chi connectivity index (χ1) is 12.3. The fraction of sp³-hybridized carbons (Fsp3) is 0.619. The van der Waals surface area contributed by atoms with Crippen molar-refractivity contribution in [1.82, 2.24) is 9.80 Å². The zero-order valence-corrected chi connectivity index (χ0v) is 16.4. The van der Waals surface area contributed by atoms with Crippen LogP contribution in [0.1, 0.15) is 45.6 Å². The first-order valence-corrected chi connectivity index (χ1v) is 9.79. The summed E-state index contributed by atoms with van der Waals surface area (Å²) in [6.07, 6.45) is 1.17. The van der Waals surface area contributed by atoms with Crippen molar-refractivity contribution in [2.45, 2.75) is 40.0 Å². The molecular weight excluding hydrogens is 326 g/mol. The zero-order chi connectivity index (χ0) is 18.8. The van der Waals surface area contributed by atoms with Crippen LogP contribution < -0.4 is 4.90 Å². The largest absolute Gasteiger partial charge is 0.341 e. The van der Waals surface area contributed by atoms with Crippen LogP contribution in [0.3, 0.4) is 0 Å². The average Bonchev–Trinajstić information content (AvgIpc) is 2.94. The molecule has 0 N–H and O–H groups in total. The molecule has 2 saturated heterocycles. The van der Waals surface area contributed by atoms with Crippen molar-refractivity contribution in [3.8, 4) is 0 Å². The second kappa shape index (κ2) is 7.68. The molecular formula is C21H31N3O2. The number of urea groups is 1. The van der Waals surface area contributed by atoms with E-state index in [4.69, 9.17) is 0 Å². The molecule has 142 valence electrons. The molecule has 3 amide bonds. The van der Waals surface area contributed by atoms with Crippen molar-refractivity contribution >= 4 is 17.6 Å². The normalized spacial score (nSPS) is 23.9. The van der Waals surface area contributed by atoms with E-state index in [9.17, 15) is 9.59 Å². The molecule has 0 radical (unpaired) electrons. The van der Waals surface area contributed by atoms with Crippen LogP contribution in [0, 0.1) is 11.8 Å². The predicted octanol–water partition coefficient (Wildman–Crippen LogP) is 3.56. The highest BCUT2D eigenvalue weighted by Gasteiger charge is 2.33. The number of amides is 3. The second-order valence-corrected chi connectivity index (χ2v) is 8.35. The van der Waals surface area contributed by atoms with Crippen LogP contribution in [0.4, 0.5) is 10.5 Å². The lowest BCUT2D eigenvalue weighted by Crippen LogP contribution is -2.47. The molecule has 1 aromatic rings. The fourth-order valence-electron chi connectivity index (χ4n) is 4.14. The summed E-state index contributed by atoms with van der Waals surface area (Å²) in [6, 6.07) is 8.11. The predicted molar refractivity (Wildman–Crippen MR) is 104 cm³/mol. The van der Waals surface area contributed by atoms with Gasteiger partial charge in [-0.3, -0.25) is 9.69 Å². The first-order valence-electron chi connectivity index (χ1n) is 9.79. The van der Waals surface area contributed by atoms with Gasteiger partial charge in [0.1, 0.15) is 6.54 Å². The number of anilines is 1. The molecule has 0 saturated carbocycles. The summed E-state index contributed by atoms with van der Waals surface area (Å²) in [5.41, 5.74) is 2.18.